The molecule has 1 aliphatic rings. The number of halogens is 2. The molecule has 0 saturated carbocycles. The highest BCUT2D eigenvalue weighted by atomic mass is 35.5. The van der Waals surface area contributed by atoms with Crippen LogP contribution in [0.4, 0.5) is 0 Å². The molecule has 1 amide bonds. The van der Waals surface area contributed by atoms with E-state index in [2.05, 4.69) is 4.99 Å². The lowest BCUT2D eigenvalue weighted by Gasteiger charge is -2.32. The smallest absolute Gasteiger partial charge is 0.279 e. The number of sulfonamides is 1. The summed E-state index contributed by atoms with van der Waals surface area (Å²) in [6.45, 7) is 2.45. The second-order valence-electron chi connectivity index (χ2n) is 7.55. The molecule has 1 aromatic heterocycles. The predicted molar refractivity (Wildman–Crippen MR) is 124 cm³/mol. The first-order valence-electron chi connectivity index (χ1n) is 9.84. The van der Waals surface area contributed by atoms with E-state index in [9.17, 15) is 13.2 Å². The summed E-state index contributed by atoms with van der Waals surface area (Å²) in [5.41, 5.74) is 1.02. The summed E-state index contributed by atoms with van der Waals surface area (Å²) in [5.74, 6) is -0.459. The van der Waals surface area contributed by atoms with Gasteiger partial charge in [-0.25, -0.2) is 8.42 Å². The molecule has 0 bridgehead atoms. The zero-order valence-corrected chi connectivity index (χ0v) is 20.2. The molecule has 0 N–H and O–H groups in total. The first-order chi connectivity index (χ1) is 14.7. The highest BCUT2D eigenvalue weighted by molar-refractivity contribution is 7.89. The maximum atomic E-state index is 13.0. The standard InChI is InChI=1S/C21H21Cl2N3O3S2/c1-13-5-3-4-12-26(13)31(28,29)15-8-6-14(7-9-15)20(27)24-21-25(2)19-17(30-21)11-10-16(22)18(19)23/h6-11,13H,3-5,12H2,1-2H3. The summed E-state index contributed by atoms with van der Waals surface area (Å²) < 4.78 is 30.1. The SMILES string of the molecule is CC1CCCCN1S(=O)(=O)c1ccc(C(=O)N=c2sc3ccc(Cl)c(Cl)c3n2C)cc1. The molecule has 4 rings (SSSR count). The molecule has 1 saturated heterocycles. The Morgan fingerprint density at radius 1 is 1.13 bits per heavy atom. The number of amides is 1. The van der Waals surface area contributed by atoms with Crippen molar-refractivity contribution in [2.45, 2.75) is 37.1 Å². The Hall–Kier alpha value is -1.71. The molecule has 164 valence electrons. The summed E-state index contributed by atoms with van der Waals surface area (Å²) >= 11 is 13.7. The molecule has 31 heavy (non-hydrogen) atoms. The molecule has 0 spiro atoms. The number of hydrogen-bond acceptors (Lipinski definition) is 4. The largest absolute Gasteiger partial charge is 0.318 e. The first-order valence-corrected chi connectivity index (χ1v) is 12.9. The first kappa shape index (κ1) is 22.5. The number of nitrogens with zero attached hydrogens (tertiary/aromatic N) is 3. The Morgan fingerprint density at radius 2 is 1.84 bits per heavy atom. The minimum atomic E-state index is -3.58. The number of benzene rings is 2. The van der Waals surface area contributed by atoms with Crippen LogP contribution in [0, 0.1) is 0 Å². The number of thiazole rings is 1. The Balaban J connectivity index is 1.64. The molecule has 1 atom stereocenters. The van der Waals surface area contributed by atoms with Crippen molar-refractivity contribution in [1.82, 2.24) is 8.87 Å². The van der Waals surface area contributed by atoms with Gasteiger partial charge < -0.3 is 4.57 Å². The lowest BCUT2D eigenvalue weighted by Crippen LogP contribution is -2.41. The van der Waals surface area contributed by atoms with Crippen LogP contribution in [-0.4, -0.2) is 35.8 Å². The number of carbonyl (C=O) groups excluding carboxylic acids is 1. The highest BCUT2D eigenvalue weighted by Crippen LogP contribution is 2.31. The van der Waals surface area contributed by atoms with Gasteiger partial charge in [-0.1, -0.05) is 41.0 Å². The lowest BCUT2D eigenvalue weighted by molar-refractivity contribution is 0.0998. The number of piperidine rings is 1. The maximum Gasteiger partial charge on any atom is 0.279 e. The number of aryl methyl sites for hydroxylation is 1. The molecular formula is C21H21Cl2N3O3S2. The van der Waals surface area contributed by atoms with Gasteiger partial charge in [0.2, 0.25) is 10.0 Å². The zero-order chi connectivity index (χ0) is 22.3. The Kier molecular flexibility index (Phi) is 6.29. The van der Waals surface area contributed by atoms with E-state index in [1.54, 1.807) is 22.0 Å². The topological polar surface area (TPSA) is 71.7 Å². The van der Waals surface area contributed by atoms with Crippen LogP contribution in [-0.2, 0) is 17.1 Å². The molecule has 2 aromatic carbocycles. The van der Waals surface area contributed by atoms with Gasteiger partial charge in [0.15, 0.2) is 4.80 Å². The van der Waals surface area contributed by atoms with Crippen molar-refractivity contribution in [2.24, 2.45) is 12.0 Å². The second-order valence-corrected chi connectivity index (χ2v) is 11.2. The normalized spacial score (nSPS) is 18.6. The molecule has 1 fully saturated rings. The molecule has 3 aromatic rings. The van der Waals surface area contributed by atoms with Gasteiger partial charge in [0.25, 0.3) is 5.91 Å². The Labute approximate surface area is 194 Å². The van der Waals surface area contributed by atoms with Crippen LogP contribution in [0.2, 0.25) is 10.0 Å². The molecule has 1 aliphatic heterocycles. The van der Waals surface area contributed by atoms with Gasteiger partial charge in [-0.3, -0.25) is 4.79 Å². The van der Waals surface area contributed by atoms with Crippen molar-refractivity contribution < 1.29 is 13.2 Å². The van der Waals surface area contributed by atoms with Crippen molar-refractivity contribution in [3.8, 4) is 0 Å². The number of hydrogen-bond donors (Lipinski definition) is 0. The number of carbonyl (C=O) groups is 1. The molecule has 0 aliphatic carbocycles. The summed E-state index contributed by atoms with van der Waals surface area (Å²) in [7, 11) is -1.82. The third-order valence-corrected chi connectivity index (χ3v) is 9.42. The summed E-state index contributed by atoms with van der Waals surface area (Å²) in [6.07, 6.45) is 2.76. The highest BCUT2D eigenvalue weighted by Gasteiger charge is 2.30. The number of fused-ring (bicyclic) bond motifs is 1. The third kappa shape index (κ3) is 4.19. The van der Waals surface area contributed by atoms with E-state index in [0.29, 0.717) is 32.5 Å². The van der Waals surface area contributed by atoms with Crippen LogP contribution in [0.3, 0.4) is 0 Å². The van der Waals surface area contributed by atoms with Gasteiger partial charge in [-0.15, -0.1) is 0 Å². The van der Waals surface area contributed by atoms with Crippen molar-refractivity contribution >= 4 is 60.7 Å². The van der Waals surface area contributed by atoms with Crippen molar-refractivity contribution in [3.63, 3.8) is 0 Å². The Bertz CT molecular complexity index is 1330. The molecule has 10 heteroatoms. The quantitative estimate of drug-likeness (QED) is 0.518. The van der Waals surface area contributed by atoms with Gasteiger partial charge in [-0.05, 0) is 56.2 Å². The number of rotatable bonds is 3. The van der Waals surface area contributed by atoms with Crippen LogP contribution in [0.15, 0.2) is 46.3 Å². The molecule has 2 heterocycles. The fourth-order valence-electron chi connectivity index (χ4n) is 3.76. The summed E-state index contributed by atoms with van der Waals surface area (Å²) in [6, 6.07) is 9.47. The summed E-state index contributed by atoms with van der Waals surface area (Å²) in [5, 5.41) is 0.841. The zero-order valence-electron chi connectivity index (χ0n) is 17.0. The molecule has 1 unspecified atom stereocenters. The average molecular weight is 498 g/mol. The average Bonchev–Trinajstić information content (AvgIpc) is 3.07. The van der Waals surface area contributed by atoms with Gasteiger partial charge in [0.05, 0.1) is 25.2 Å². The van der Waals surface area contributed by atoms with Crippen LogP contribution in [0.1, 0.15) is 36.5 Å². The fraction of sp³-hybridized carbons (Fsp3) is 0.333. The Morgan fingerprint density at radius 3 is 2.52 bits per heavy atom. The van der Waals surface area contributed by atoms with Gasteiger partial charge in [-0.2, -0.15) is 9.30 Å². The predicted octanol–water partition coefficient (Wildman–Crippen LogP) is 4.85. The van der Waals surface area contributed by atoms with Gasteiger partial charge >= 0.3 is 0 Å². The fourth-order valence-corrected chi connectivity index (χ4v) is 6.99. The lowest BCUT2D eigenvalue weighted by atomic mass is 10.1. The van der Waals surface area contributed by atoms with Crippen LogP contribution >= 0.6 is 34.5 Å². The third-order valence-electron chi connectivity index (χ3n) is 5.50. The van der Waals surface area contributed by atoms with E-state index < -0.39 is 15.9 Å². The van der Waals surface area contributed by atoms with Crippen LogP contribution < -0.4 is 4.80 Å². The maximum absolute atomic E-state index is 13.0. The van der Waals surface area contributed by atoms with Gasteiger partial charge in [0.1, 0.15) is 0 Å². The minimum Gasteiger partial charge on any atom is -0.318 e. The van der Waals surface area contributed by atoms with Gasteiger partial charge in [0, 0.05) is 25.2 Å². The van der Waals surface area contributed by atoms with Crippen LogP contribution in [0.25, 0.3) is 10.2 Å². The molecular weight excluding hydrogens is 477 g/mol. The van der Waals surface area contributed by atoms with E-state index in [-0.39, 0.29) is 10.9 Å². The molecule has 6 nitrogen and oxygen atoms in total. The van der Waals surface area contributed by atoms with Crippen molar-refractivity contribution in [3.05, 3.63) is 56.8 Å². The van der Waals surface area contributed by atoms with E-state index in [4.69, 9.17) is 23.2 Å². The van der Waals surface area contributed by atoms with E-state index >= 15 is 0 Å². The van der Waals surface area contributed by atoms with E-state index in [0.717, 1.165) is 24.0 Å². The minimum absolute atomic E-state index is 0.0247. The van der Waals surface area contributed by atoms with Crippen molar-refractivity contribution in [1.29, 1.82) is 0 Å². The van der Waals surface area contributed by atoms with Crippen LogP contribution in [0.5, 0.6) is 0 Å². The molecule has 0 radical (unpaired) electrons. The second kappa shape index (κ2) is 8.67. The van der Waals surface area contributed by atoms with E-state index in [1.807, 2.05) is 13.0 Å². The van der Waals surface area contributed by atoms with E-state index in [1.165, 1.54) is 35.6 Å². The summed E-state index contributed by atoms with van der Waals surface area (Å²) in [4.78, 5) is 17.6. The monoisotopic (exact) mass is 497 g/mol. The van der Waals surface area contributed by atoms with Crippen molar-refractivity contribution in [2.75, 3.05) is 6.54 Å². The number of aromatic nitrogens is 1.